The molecule has 0 bridgehead atoms. The molecule has 1 amide bonds. The van der Waals surface area contributed by atoms with Gasteiger partial charge in [-0.15, -0.1) is 0 Å². The van der Waals surface area contributed by atoms with Crippen LogP contribution in [0.5, 0.6) is 0 Å². The lowest BCUT2D eigenvalue weighted by molar-refractivity contribution is 0.102. The summed E-state index contributed by atoms with van der Waals surface area (Å²) >= 11 is 0. The molecule has 2 N–H and O–H groups in total. The van der Waals surface area contributed by atoms with E-state index in [1.807, 2.05) is 32.0 Å². The number of benzene rings is 1. The lowest BCUT2D eigenvalue weighted by Crippen LogP contribution is -2.11. The van der Waals surface area contributed by atoms with E-state index in [0.717, 1.165) is 11.3 Å². The van der Waals surface area contributed by atoms with E-state index in [1.165, 1.54) is 11.8 Å². The molecular formula is C12H13N3O. The zero-order chi connectivity index (χ0) is 11.5. The van der Waals surface area contributed by atoms with Crippen LogP contribution in [0.4, 0.5) is 5.69 Å². The average molecular weight is 215 g/mol. The predicted octanol–water partition coefficient (Wildman–Crippen LogP) is 2.28. The van der Waals surface area contributed by atoms with E-state index in [2.05, 4.69) is 15.5 Å². The summed E-state index contributed by atoms with van der Waals surface area (Å²) in [5.41, 5.74) is 3.69. The zero-order valence-corrected chi connectivity index (χ0v) is 9.24. The maximum atomic E-state index is 11.7. The number of amides is 1. The number of aryl methyl sites for hydroxylation is 2. The summed E-state index contributed by atoms with van der Waals surface area (Å²) in [6.45, 7) is 4.06. The Morgan fingerprint density at radius 1 is 1.31 bits per heavy atom. The highest BCUT2D eigenvalue weighted by Crippen LogP contribution is 2.14. The number of H-pyrrole nitrogens is 1. The standard InChI is InChI=1S/C12H13N3O/c1-8-3-4-11(5-9(8)2)15-12(16)10-6-13-14-7-10/h3-7H,1-2H3,(H,13,14)(H,15,16). The van der Waals surface area contributed by atoms with Crippen LogP contribution in [-0.4, -0.2) is 16.1 Å². The van der Waals surface area contributed by atoms with Crippen LogP contribution in [-0.2, 0) is 0 Å². The third-order valence-corrected chi connectivity index (χ3v) is 2.53. The van der Waals surface area contributed by atoms with Crippen molar-refractivity contribution < 1.29 is 4.79 Å². The number of nitrogens with zero attached hydrogens (tertiary/aromatic N) is 1. The topological polar surface area (TPSA) is 57.8 Å². The Hall–Kier alpha value is -2.10. The van der Waals surface area contributed by atoms with Crippen molar-refractivity contribution in [3.05, 3.63) is 47.3 Å². The van der Waals surface area contributed by atoms with Crippen LogP contribution in [0.3, 0.4) is 0 Å². The first-order valence-electron chi connectivity index (χ1n) is 5.04. The second-order valence-electron chi connectivity index (χ2n) is 3.74. The average Bonchev–Trinajstić information content (AvgIpc) is 2.77. The second kappa shape index (κ2) is 4.18. The predicted molar refractivity (Wildman–Crippen MR) is 62.5 cm³/mol. The van der Waals surface area contributed by atoms with Crippen molar-refractivity contribution in [1.82, 2.24) is 10.2 Å². The first kappa shape index (κ1) is 10.4. The van der Waals surface area contributed by atoms with E-state index in [1.54, 1.807) is 6.20 Å². The SMILES string of the molecule is Cc1ccc(NC(=O)c2cn[nH]c2)cc1C. The summed E-state index contributed by atoms with van der Waals surface area (Å²) in [5, 5.41) is 9.15. The van der Waals surface area contributed by atoms with Gasteiger partial charge in [0.15, 0.2) is 0 Å². The lowest BCUT2D eigenvalue weighted by atomic mass is 10.1. The monoisotopic (exact) mass is 215 g/mol. The molecule has 0 aliphatic carbocycles. The van der Waals surface area contributed by atoms with Gasteiger partial charge in [0.25, 0.3) is 5.91 Å². The Bertz CT molecular complexity index is 503. The molecule has 16 heavy (non-hydrogen) atoms. The van der Waals surface area contributed by atoms with Gasteiger partial charge in [-0.2, -0.15) is 5.10 Å². The molecular weight excluding hydrogens is 202 g/mol. The van der Waals surface area contributed by atoms with Gasteiger partial charge in [-0.05, 0) is 37.1 Å². The van der Waals surface area contributed by atoms with Gasteiger partial charge >= 0.3 is 0 Å². The summed E-state index contributed by atoms with van der Waals surface area (Å²) in [5.74, 6) is -0.156. The van der Waals surface area contributed by atoms with Gasteiger partial charge < -0.3 is 5.32 Å². The normalized spacial score (nSPS) is 10.1. The molecule has 0 atom stereocenters. The first-order chi connectivity index (χ1) is 7.66. The van der Waals surface area contributed by atoms with Crippen LogP contribution in [0.15, 0.2) is 30.6 Å². The van der Waals surface area contributed by atoms with Gasteiger partial charge in [-0.25, -0.2) is 0 Å². The number of carbonyl (C=O) groups excluding carboxylic acids is 1. The van der Waals surface area contributed by atoms with E-state index >= 15 is 0 Å². The van der Waals surface area contributed by atoms with Crippen molar-refractivity contribution in [3.8, 4) is 0 Å². The van der Waals surface area contributed by atoms with Gasteiger partial charge in [0.2, 0.25) is 0 Å². The maximum absolute atomic E-state index is 11.7. The molecule has 0 radical (unpaired) electrons. The minimum Gasteiger partial charge on any atom is -0.322 e. The van der Waals surface area contributed by atoms with Crippen LogP contribution < -0.4 is 5.32 Å². The third kappa shape index (κ3) is 2.11. The molecule has 1 aromatic carbocycles. The summed E-state index contributed by atoms with van der Waals surface area (Å²) in [7, 11) is 0. The Labute approximate surface area is 93.7 Å². The fraction of sp³-hybridized carbons (Fsp3) is 0.167. The number of anilines is 1. The van der Waals surface area contributed by atoms with Gasteiger partial charge in [0, 0.05) is 11.9 Å². The molecule has 0 saturated carbocycles. The van der Waals surface area contributed by atoms with Crippen molar-refractivity contribution in [1.29, 1.82) is 0 Å². The molecule has 82 valence electrons. The molecule has 2 rings (SSSR count). The largest absolute Gasteiger partial charge is 0.322 e. The Balaban J connectivity index is 2.15. The van der Waals surface area contributed by atoms with Crippen LogP contribution in [0, 0.1) is 13.8 Å². The second-order valence-corrected chi connectivity index (χ2v) is 3.74. The van der Waals surface area contributed by atoms with Crippen molar-refractivity contribution in [3.63, 3.8) is 0 Å². The molecule has 0 aliphatic heterocycles. The Morgan fingerprint density at radius 3 is 2.75 bits per heavy atom. The summed E-state index contributed by atoms with van der Waals surface area (Å²) < 4.78 is 0. The molecule has 0 fully saturated rings. The fourth-order valence-electron chi connectivity index (χ4n) is 1.40. The third-order valence-electron chi connectivity index (χ3n) is 2.53. The van der Waals surface area contributed by atoms with E-state index in [9.17, 15) is 4.79 Å². The van der Waals surface area contributed by atoms with Crippen LogP contribution in [0.25, 0.3) is 0 Å². The number of nitrogens with one attached hydrogen (secondary N) is 2. The molecule has 1 aromatic heterocycles. The maximum Gasteiger partial charge on any atom is 0.258 e. The molecule has 0 unspecified atom stereocenters. The summed E-state index contributed by atoms with van der Waals surface area (Å²) in [6, 6.07) is 5.83. The number of aromatic nitrogens is 2. The summed E-state index contributed by atoms with van der Waals surface area (Å²) in [4.78, 5) is 11.7. The molecule has 4 heteroatoms. The van der Waals surface area contributed by atoms with Gasteiger partial charge in [-0.3, -0.25) is 9.89 Å². The summed E-state index contributed by atoms with van der Waals surface area (Å²) in [6.07, 6.45) is 3.06. The molecule has 0 spiro atoms. The smallest absolute Gasteiger partial charge is 0.258 e. The van der Waals surface area contributed by atoms with Crippen molar-refractivity contribution in [2.45, 2.75) is 13.8 Å². The lowest BCUT2D eigenvalue weighted by Gasteiger charge is -2.06. The number of hydrogen-bond donors (Lipinski definition) is 2. The molecule has 2 aromatic rings. The van der Waals surface area contributed by atoms with Gasteiger partial charge in [-0.1, -0.05) is 6.07 Å². The number of carbonyl (C=O) groups is 1. The quantitative estimate of drug-likeness (QED) is 0.807. The van der Waals surface area contributed by atoms with Crippen LogP contribution >= 0.6 is 0 Å². The van der Waals surface area contributed by atoms with Crippen molar-refractivity contribution in [2.24, 2.45) is 0 Å². The molecule has 0 aliphatic rings. The van der Waals surface area contributed by atoms with E-state index in [0.29, 0.717) is 5.56 Å². The van der Waals surface area contributed by atoms with Crippen molar-refractivity contribution >= 4 is 11.6 Å². The van der Waals surface area contributed by atoms with Gasteiger partial charge in [0.1, 0.15) is 0 Å². The molecule has 1 heterocycles. The highest BCUT2D eigenvalue weighted by molar-refractivity contribution is 6.03. The molecule has 4 nitrogen and oxygen atoms in total. The van der Waals surface area contributed by atoms with E-state index in [-0.39, 0.29) is 5.91 Å². The van der Waals surface area contributed by atoms with Crippen molar-refractivity contribution in [2.75, 3.05) is 5.32 Å². The van der Waals surface area contributed by atoms with Crippen LogP contribution in [0.1, 0.15) is 21.5 Å². The first-order valence-corrected chi connectivity index (χ1v) is 5.04. The highest BCUT2D eigenvalue weighted by atomic mass is 16.1. The van der Waals surface area contributed by atoms with Gasteiger partial charge in [0.05, 0.1) is 11.8 Å². The minimum absolute atomic E-state index is 0.156. The minimum atomic E-state index is -0.156. The Morgan fingerprint density at radius 2 is 2.12 bits per heavy atom. The zero-order valence-electron chi connectivity index (χ0n) is 9.24. The van der Waals surface area contributed by atoms with E-state index < -0.39 is 0 Å². The fourth-order valence-corrected chi connectivity index (χ4v) is 1.40. The number of hydrogen-bond acceptors (Lipinski definition) is 2. The molecule has 0 saturated heterocycles. The van der Waals surface area contributed by atoms with Crippen LogP contribution in [0.2, 0.25) is 0 Å². The van der Waals surface area contributed by atoms with E-state index in [4.69, 9.17) is 0 Å². The number of rotatable bonds is 2. The highest BCUT2D eigenvalue weighted by Gasteiger charge is 2.06. The Kier molecular flexibility index (Phi) is 2.72. The number of aromatic amines is 1.